The third-order valence-corrected chi connectivity index (χ3v) is 2.98. The lowest BCUT2D eigenvalue weighted by molar-refractivity contribution is 0.0355. The van der Waals surface area contributed by atoms with E-state index in [1.54, 1.807) is 0 Å². The molecule has 0 saturated carbocycles. The third-order valence-electron chi connectivity index (χ3n) is 2.45. The van der Waals surface area contributed by atoms with Crippen LogP contribution in [0.25, 0.3) is 0 Å². The number of benzene rings is 1. The van der Waals surface area contributed by atoms with Crippen molar-refractivity contribution in [3.05, 3.63) is 34.3 Å². The highest BCUT2D eigenvalue weighted by Gasteiger charge is 2.12. The minimum atomic E-state index is 0.144. The summed E-state index contributed by atoms with van der Waals surface area (Å²) in [5.74, 6) is 0.564. The van der Waals surface area contributed by atoms with Crippen molar-refractivity contribution in [2.24, 2.45) is 5.92 Å². The fourth-order valence-electron chi connectivity index (χ4n) is 1.53. The fraction of sp³-hybridized carbons (Fsp3) is 0.571. The Kier molecular flexibility index (Phi) is 6.78. The van der Waals surface area contributed by atoms with Gasteiger partial charge in [0.1, 0.15) is 0 Å². The highest BCUT2D eigenvalue weighted by molar-refractivity contribution is 9.10. The summed E-state index contributed by atoms with van der Waals surface area (Å²) >= 11 is 3.45. The van der Waals surface area contributed by atoms with Crippen molar-refractivity contribution in [2.75, 3.05) is 19.7 Å². The lowest BCUT2D eigenvalue weighted by Crippen LogP contribution is -2.24. The summed E-state index contributed by atoms with van der Waals surface area (Å²) in [4.78, 5) is 0. The smallest absolute Gasteiger partial charge is 0.0949 e. The van der Waals surface area contributed by atoms with Crippen LogP contribution in [0.2, 0.25) is 0 Å². The van der Waals surface area contributed by atoms with Gasteiger partial charge in [0.2, 0.25) is 0 Å². The molecule has 0 heterocycles. The maximum absolute atomic E-state index is 5.95. The summed E-state index contributed by atoms with van der Waals surface area (Å²) in [6.45, 7) is 9.09. The molecule has 0 spiro atoms. The standard InChI is InChI=1S/C14H22BrNO/c1-4-16-9-14(17-10-11(2)3)12-5-7-13(15)8-6-12/h5-8,11,14,16H,4,9-10H2,1-3H3. The minimum Gasteiger partial charge on any atom is -0.372 e. The molecule has 0 amide bonds. The maximum atomic E-state index is 5.95. The molecule has 96 valence electrons. The number of hydrogen-bond acceptors (Lipinski definition) is 2. The number of hydrogen-bond donors (Lipinski definition) is 1. The number of ether oxygens (including phenoxy) is 1. The highest BCUT2D eigenvalue weighted by Crippen LogP contribution is 2.20. The lowest BCUT2D eigenvalue weighted by Gasteiger charge is -2.20. The van der Waals surface area contributed by atoms with Gasteiger partial charge in [-0.15, -0.1) is 0 Å². The first-order valence-corrected chi connectivity index (χ1v) is 7.00. The molecule has 3 heteroatoms. The van der Waals surface area contributed by atoms with Gasteiger partial charge in [0.15, 0.2) is 0 Å². The first kappa shape index (κ1) is 14.7. The fourth-order valence-corrected chi connectivity index (χ4v) is 1.80. The van der Waals surface area contributed by atoms with Gasteiger partial charge >= 0.3 is 0 Å². The molecule has 0 aliphatic rings. The maximum Gasteiger partial charge on any atom is 0.0949 e. The molecule has 1 aromatic carbocycles. The average molecular weight is 300 g/mol. The third kappa shape index (κ3) is 5.66. The minimum absolute atomic E-state index is 0.144. The summed E-state index contributed by atoms with van der Waals surface area (Å²) in [6.07, 6.45) is 0.144. The van der Waals surface area contributed by atoms with E-state index in [9.17, 15) is 0 Å². The van der Waals surface area contributed by atoms with Crippen molar-refractivity contribution in [2.45, 2.75) is 26.9 Å². The van der Waals surface area contributed by atoms with Crippen LogP contribution in [0.15, 0.2) is 28.7 Å². The van der Waals surface area contributed by atoms with Crippen LogP contribution in [-0.4, -0.2) is 19.7 Å². The second-order valence-electron chi connectivity index (χ2n) is 4.58. The van der Waals surface area contributed by atoms with Crippen molar-refractivity contribution in [3.63, 3.8) is 0 Å². The normalized spacial score (nSPS) is 13.0. The molecule has 1 unspecified atom stereocenters. The second kappa shape index (κ2) is 7.85. The van der Waals surface area contributed by atoms with Crippen molar-refractivity contribution < 1.29 is 4.74 Å². The van der Waals surface area contributed by atoms with Gasteiger partial charge in [0, 0.05) is 17.6 Å². The molecule has 0 radical (unpaired) electrons. The Morgan fingerprint density at radius 1 is 1.24 bits per heavy atom. The van der Waals surface area contributed by atoms with Crippen molar-refractivity contribution in [1.82, 2.24) is 5.32 Å². The quantitative estimate of drug-likeness (QED) is 0.827. The largest absolute Gasteiger partial charge is 0.372 e. The van der Waals surface area contributed by atoms with Crippen LogP contribution in [-0.2, 0) is 4.74 Å². The molecular weight excluding hydrogens is 278 g/mol. The van der Waals surface area contributed by atoms with E-state index in [4.69, 9.17) is 4.74 Å². The van der Waals surface area contributed by atoms with Crippen molar-refractivity contribution in [3.8, 4) is 0 Å². The molecular formula is C14H22BrNO. The van der Waals surface area contributed by atoms with Gasteiger partial charge in [-0.3, -0.25) is 0 Å². The summed E-state index contributed by atoms with van der Waals surface area (Å²) < 4.78 is 7.06. The molecule has 2 nitrogen and oxygen atoms in total. The Hall–Kier alpha value is -0.380. The van der Waals surface area contributed by atoms with Crippen LogP contribution in [0.5, 0.6) is 0 Å². The molecule has 0 aliphatic carbocycles. The monoisotopic (exact) mass is 299 g/mol. The van der Waals surface area contributed by atoms with Crippen molar-refractivity contribution >= 4 is 15.9 Å². The Bertz CT molecular complexity index is 311. The predicted octanol–water partition coefficient (Wildman–Crippen LogP) is 3.77. The summed E-state index contributed by atoms with van der Waals surface area (Å²) in [7, 11) is 0. The van der Waals surface area contributed by atoms with E-state index in [0.717, 1.165) is 24.2 Å². The van der Waals surface area contributed by atoms with Crippen LogP contribution in [0.4, 0.5) is 0 Å². The molecule has 0 bridgehead atoms. The van der Waals surface area contributed by atoms with Gasteiger partial charge in [-0.25, -0.2) is 0 Å². The SMILES string of the molecule is CCNCC(OCC(C)C)c1ccc(Br)cc1. The molecule has 0 aromatic heterocycles. The van der Waals surface area contributed by atoms with E-state index in [2.05, 4.69) is 66.3 Å². The number of likely N-dealkylation sites (N-methyl/N-ethyl adjacent to an activating group) is 1. The molecule has 1 aromatic rings. The molecule has 1 atom stereocenters. The number of nitrogens with one attached hydrogen (secondary N) is 1. The Morgan fingerprint density at radius 2 is 1.88 bits per heavy atom. The van der Waals surface area contributed by atoms with E-state index >= 15 is 0 Å². The van der Waals surface area contributed by atoms with Gasteiger partial charge < -0.3 is 10.1 Å². The van der Waals surface area contributed by atoms with Crippen LogP contribution >= 0.6 is 15.9 Å². The molecule has 1 rings (SSSR count). The summed E-state index contributed by atoms with van der Waals surface area (Å²) in [6, 6.07) is 8.36. The Labute approximate surface area is 113 Å². The van der Waals surface area contributed by atoms with E-state index in [-0.39, 0.29) is 6.10 Å². The average Bonchev–Trinajstić information content (AvgIpc) is 2.30. The van der Waals surface area contributed by atoms with Crippen LogP contribution < -0.4 is 5.32 Å². The van der Waals surface area contributed by atoms with Gasteiger partial charge in [0.25, 0.3) is 0 Å². The zero-order chi connectivity index (χ0) is 12.7. The first-order valence-electron chi connectivity index (χ1n) is 6.21. The Morgan fingerprint density at radius 3 is 2.41 bits per heavy atom. The predicted molar refractivity (Wildman–Crippen MR) is 76.2 cm³/mol. The van der Waals surface area contributed by atoms with Crippen LogP contribution in [0, 0.1) is 5.92 Å². The van der Waals surface area contributed by atoms with Crippen LogP contribution in [0.3, 0.4) is 0 Å². The topological polar surface area (TPSA) is 21.3 Å². The van der Waals surface area contributed by atoms with E-state index in [1.165, 1.54) is 5.56 Å². The van der Waals surface area contributed by atoms with E-state index < -0.39 is 0 Å². The molecule has 0 saturated heterocycles. The van der Waals surface area contributed by atoms with Gasteiger partial charge in [-0.05, 0) is 30.2 Å². The lowest BCUT2D eigenvalue weighted by atomic mass is 10.1. The molecule has 17 heavy (non-hydrogen) atoms. The summed E-state index contributed by atoms with van der Waals surface area (Å²) in [5, 5.41) is 3.35. The first-order chi connectivity index (χ1) is 8.13. The second-order valence-corrected chi connectivity index (χ2v) is 5.49. The van der Waals surface area contributed by atoms with Crippen molar-refractivity contribution in [1.29, 1.82) is 0 Å². The summed E-state index contributed by atoms with van der Waals surface area (Å²) in [5.41, 5.74) is 1.23. The number of rotatable bonds is 7. The molecule has 0 fully saturated rings. The van der Waals surface area contributed by atoms with E-state index in [0.29, 0.717) is 5.92 Å². The van der Waals surface area contributed by atoms with Gasteiger partial charge in [-0.1, -0.05) is 48.8 Å². The zero-order valence-corrected chi connectivity index (χ0v) is 12.5. The van der Waals surface area contributed by atoms with Gasteiger partial charge in [-0.2, -0.15) is 0 Å². The highest BCUT2D eigenvalue weighted by atomic mass is 79.9. The zero-order valence-electron chi connectivity index (χ0n) is 10.9. The number of halogens is 1. The Balaban J connectivity index is 2.63. The van der Waals surface area contributed by atoms with Gasteiger partial charge in [0.05, 0.1) is 6.10 Å². The molecule has 0 aliphatic heterocycles. The van der Waals surface area contributed by atoms with E-state index in [1.807, 2.05) is 0 Å². The van der Waals surface area contributed by atoms with Crippen LogP contribution in [0.1, 0.15) is 32.4 Å². The molecule has 1 N–H and O–H groups in total.